The summed E-state index contributed by atoms with van der Waals surface area (Å²) in [6.07, 6.45) is 9.31. The quantitative estimate of drug-likeness (QED) is 0.730. The molecule has 2 nitrogen and oxygen atoms in total. The molecular formula is C17H14Cl2N2. The second kappa shape index (κ2) is 5.04. The van der Waals surface area contributed by atoms with Crippen LogP contribution >= 0.6 is 23.2 Å². The number of anilines is 1. The molecule has 1 aliphatic carbocycles. The first-order valence-corrected chi connectivity index (χ1v) is 7.81. The maximum Gasteiger partial charge on any atom is 0.0569 e. The Bertz CT molecular complexity index is 712. The van der Waals surface area contributed by atoms with Crippen LogP contribution in [0.1, 0.15) is 29.5 Å². The van der Waals surface area contributed by atoms with E-state index in [1.165, 1.54) is 11.1 Å². The van der Waals surface area contributed by atoms with Crippen molar-refractivity contribution in [2.45, 2.75) is 18.4 Å². The molecule has 1 aliphatic heterocycles. The molecule has 1 N–H and O–H groups in total. The summed E-state index contributed by atoms with van der Waals surface area (Å²) in [6.45, 7) is 0. The third-order valence-electron chi connectivity index (χ3n) is 4.42. The highest BCUT2D eigenvalue weighted by Crippen LogP contribution is 2.52. The van der Waals surface area contributed by atoms with Gasteiger partial charge in [-0.15, -0.1) is 0 Å². The van der Waals surface area contributed by atoms with Crippen molar-refractivity contribution in [1.82, 2.24) is 4.98 Å². The van der Waals surface area contributed by atoms with E-state index in [0.717, 1.165) is 17.1 Å². The molecule has 0 fully saturated rings. The van der Waals surface area contributed by atoms with Crippen LogP contribution in [-0.2, 0) is 0 Å². The Balaban J connectivity index is 1.84. The zero-order valence-electron chi connectivity index (χ0n) is 11.3. The predicted octanol–water partition coefficient (Wildman–Crippen LogP) is 5.21. The summed E-state index contributed by atoms with van der Waals surface area (Å²) >= 11 is 12.6. The first-order valence-electron chi connectivity index (χ1n) is 7.06. The fourth-order valence-corrected chi connectivity index (χ4v) is 4.15. The van der Waals surface area contributed by atoms with Gasteiger partial charge in [0.05, 0.1) is 6.04 Å². The van der Waals surface area contributed by atoms with Gasteiger partial charge in [-0.1, -0.05) is 41.4 Å². The summed E-state index contributed by atoms with van der Waals surface area (Å²) in [4.78, 5) is 4.25. The minimum atomic E-state index is 0.237. The van der Waals surface area contributed by atoms with Gasteiger partial charge in [0.2, 0.25) is 0 Å². The van der Waals surface area contributed by atoms with Gasteiger partial charge in [0.25, 0.3) is 0 Å². The van der Waals surface area contributed by atoms with Crippen LogP contribution in [0.5, 0.6) is 0 Å². The largest absolute Gasteiger partial charge is 0.378 e. The molecule has 0 saturated carbocycles. The molecule has 21 heavy (non-hydrogen) atoms. The van der Waals surface area contributed by atoms with E-state index in [9.17, 15) is 0 Å². The van der Waals surface area contributed by atoms with Gasteiger partial charge >= 0.3 is 0 Å². The van der Waals surface area contributed by atoms with Gasteiger partial charge < -0.3 is 5.32 Å². The van der Waals surface area contributed by atoms with E-state index in [4.69, 9.17) is 23.2 Å². The van der Waals surface area contributed by atoms with Crippen LogP contribution in [0.25, 0.3) is 0 Å². The van der Waals surface area contributed by atoms with Crippen LogP contribution in [0.3, 0.4) is 0 Å². The van der Waals surface area contributed by atoms with Gasteiger partial charge in [0.15, 0.2) is 0 Å². The van der Waals surface area contributed by atoms with E-state index < -0.39 is 0 Å². The number of nitrogens with one attached hydrogen (secondary N) is 1. The number of halogens is 2. The number of aromatic nitrogens is 1. The fraction of sp³-hybridized carbons (Fsp3) is 0.235. The molecule has 0 spiro atoms. The molecule has 0 amide bonds. The maximum absolute atomic E-state index is 6.44. The number of rotatable bonds is 1. The van der Waals surface area contributed by atoms with E-state index in [0.29, 0.717) is 16.9 Å². The summed E-state index contributed by atoms with van der Waals surface area (Å²) in [5.41, 5.74) is 3.41. The monoisotopic (exact) mass is 316 g/mol. The predicted molar refractivity (Wildman–Crippen MR) is 87.1 cm³/mol. The Morgan fingerprint density at radius 1 is 1.24 bits per heavy atom. The standard InChI is InChI=1S/C17H14Cl2N2/c18-11-7-14(19)16-12-4-1-5-13(12)17(21-15(16)8-11)10-3-2-6-20-9-10/h1-4,6-9,12-13,17,21H,5H2/t12-,13-,17-/m1/s1. The Morgan fingerprint density at radius 2 is 2.14 bits per heavy atom. The summed E-state index contributed by atoms with van der Waals surface area (Å²) in [6, 6.07) is 8.14. The van der Waals surface area contributed by atoms with Crippen molar-refractivity contribution in [1.29, 1.82) is 0 Å². The number of nitrogens with zero attached hydrogens (tertiary/aromatic N) is 1. The molecule has 2 heterocycles. The average molecular weight is 317 g/mol. The van der Waals surface area contributed by atoms with Crippen LogP contribution in [0, 0.1) is 5.92 Å². The van der Waals surface area contributed by atoms with Crippen LogP contribution in [-0.4, -0.2) is 4.98 Å². The molecule has 2 aromatic rings. The van der Waals surface area contributed by atoms with Crippen molar-refractivity contribution in [3.8, 4) is 0 Å². The first-order chi connectivity index (χ1) is 10.2. The normalized spacial score (nSPS) is 26.1. The van der Waals surface area contributed by atoms with Crippen molar-refractivity contribution in [3.05, 3.63) is 70.0 Å². The van der Waals surface area contributed by atoms with Crippen LogP contribution < -0.4 is 5.32 Å². The molecule has 1 aromatic carbocycles. The van der Waals surface area contributed by atoms with Gasteiger partial charge in [0.1, 0.15) is 0 Å². The zero-order valence-corrected chi connectivity index (χ0v) is 12.8. The highest BCUT2D eigenvalue weighted by atomic mass is 35.5. The van der Waals surface area contributed by atoms with Gasteiger partial charge in [0, 0.05) is 39.6 Å². The smallest absolute Gasteiger partial charge is 0.0569 e. The minimum absolute atomic E-state index is 0.237. The average Bonchev–Trinajstić information content (AvgIpc) is 2.95. The lowest BCUT2D eigenvalue weighted by atomic mass is 9.77. The van der Waals surface area contributed by atoms with Crippen molar-refractivity contribution < 1.29 is 0 Å². The maximum atomic E-state index is 6.44. The van der Waals surface area contributed by atoms with E-state index in [-0.39, 0.29) is 6.04 Å². The van der Waals surface area contributed by atoms with E-state index in [2.05, 4.69) is 28.5 Å². The second-order valence-electron chi connectivity index (χ2n) is 5.61. The van der Waals surface area contributed by atoms with Crippen LogP contribution in [0.15, 0.2) is 48.8 Å². The topological polar surface area (TPSA) is 24.9 Å². The van der Waals surface area contributed by atoms with Crippen LogP contribution in [0.4, 0.5) is 5.69 Å². The van der Waals surface area contributed by atoms with Crippen molar-refractivity contribution in [3.63, 3.8) is 0 Å². The number of hydrogen-bond acceptors (Lipinski definition) is 2. The SMILES string of the molecule is Clc1cc(Cl)c2c(c1)N[C@H](c1cccnc1)[C@@H]1CC=C[C@@H]21. The molecule has 0 bridgehead atoms. The number of benzene rings is 1. The van der Waals surface area contributed by atoms with Crippen molar-refractivity contribution in [2.24, 2.45) is 5.92 Å². The lowest BCUT2D eigenvalue weighted by molar-refractivity contribution is 0.425. The number of pyridine rings is 1. The third kappa shape index (κ3) is 2.14. The molecule has 0 radical (unpaired) electrons. The Kier molecular flexibility index (Phi) is 3.16. The van der Waals surface area contributed by atoms with E-state index >= 15 is 0 Å². The molecule has 4 rings (SSSR count). The van der Waals surface area contributed by atoms with Crippen LogP contribution in [0.2, 0.25) is 10.0 Å². The van der Waals surface area contributed by atoms with Crippen molar-refractivity contribution >= 4 is 28.9 Å². The molecule has 106 valence electrons. The van der Waals surface area contributed by atoms with Gasteiger partial charge in [-0.3, -0.25) is 4.98 Å². The van der Waals surface area contributed by atoms with Gasteiger partial charge in [-0.25, -0.2) is 0 Å². The Morgan fingerprint density at radius 3 is 2.95 bits per heavy atom. The second-order valence-corrected chi connectivity index (χ2v) is 6.45. The summed E-state index contributed by atoms with van der Waals surface area (Å²) in [7, 11) is 0. The highest BCUT2D eigenvalue weighted by Gasteiger charge is 2.39. The molecule has 0 saturated heterocycles. The highest BCUT2D eigenvalue weighted by molar-refractivity contribution is 6.35. The number of hydrogen-bond donors (Lipinski definition) is 1. The molecule has 1 aromatic heterocycles. The fourth-order valence-electron chi connectivity index (χ4n) is 3.53. The lowest BCUT2D eigenvalue weighted by Gasteiger charge is -2.37. The molecule has 4 heteroatoms. The lowest BCUT2D eigenvalue weighted by Crippen LogP contribution is -2.29. The third-order valence-corrected chi connectivity index (χ3v) is 4.95. The minimum Gasteiger partial charge on any atom is -0.378 e. The summed E-state index contributed by atoms with van der Waals surface area (Å²) < 4.78 is 0. The van der Waals surface area contributed by atoms with E-state index in [1.54, 1.807) is 6.20 Å². The zero-order chi connectivity index (χ0) is 14.4. The summed E-state index contributed by atoms with van der Waals surface area (Å²) in [5.74, 6) is 0.816. The molecular weight excluding hydrogens is 303 g/mol. The number of allylic oxidation sites excluding steroid dienone is 2. The molecule has 0 unspecified atom stereocenters. The Labute approximate surface area is 133 Å². The molecule has 3 atom stereocenters. The first kappa shape index (κ1) is 13.2. The van der Waals surface area contributed by atoms with E-state index in [1.807, 2.05) is 24.4 Å². The Hall–Kier alpha value is -1.51. The number of fused-ring (bicyclic) bond motifs is 3. The molecule has 2 aliphatic rings. The van der Waals surface area contributed by atoms with Gasteiger partial charge in [-0.05, 0) is 36.1 Å². The van der Waals surface area contributed by atoms with Crippen molar-refractivity contribution in [2.75, 3.05) is 5.32 Å². The summed E-state index contributed by atoms with van der Waals surface area (Å²) in [5, 5.41) is 5.03. The van der Waals surface area contributed by atoms with Gasteiger partial charge in [-0.2, -0.15) is 0 Å².